The van der Waals surface area contributed by atoms with Crippen molar-refractivity contribution in [3.63, 3.8) is 0 Å². The van der Waals surface area contributed by atoms with Crippen molar-refractivity contribution in [1.29, 1.82) is 0 Å². The predicted molar refractivity (Wildman–Crippen MR) is 124 cm³/mol. The molecule has 31 heavy (non-hydrogen) atoms. The Kier molecular flexibility index (Phi) is 5.86. The largest absolute Gasteiger partial charge is 0.450 e. The van der Waals surface area contributed by atoms with E-state index >= 15 is 0 Å². The summed E-state index contributed by atoms with van der Waals surface area (Å²) in [5, 5.41) is 21.9. The summed E-state index contributed by atoms with van der Waals surface area (Å²) in [6.07, 6.45) is -1.54. The van der Waals surface area contributed by atoms with Crippen LogP contribution in [0.1, 0.15) is 18.7 Å². The van der Waals surface area contributed by atoms with Gasteiger partial charge in [0.05, 0.1) is 29.0 Å². The van der Waals surface area contributed by atoms with Crippen molar-refractivity contribution >= 4 is 45.0 Å². The Morgan fingerprint density at radius 2 is 1.84 bits per heavy atom. The average Bonchev–Trinajstić information content (AvgIpc) is 2.78. The number of aliphatic hydroxyl groups is 1. The number of amides is 1. The highest BCUT2D eigenvalue weighted by Gasteiger charge is 2.16. The molecular formula is C24H24N4O3. The molecule has 1 aromatic heterocycles. The molecule has 3 aromatic carbocycles. The molecule has 7 heteroatoms. The zero-order valence-corrected chi connectivity index (χ0v) is 17.3. The van der Waals surface area contributed by atoms with E-state index in [9.17, 15) is 9.90 Å². The van der Waals surface area contributed by atoms with Gasteiger partial charge >= 0.3 is 6.09 Å². The number of nitrogens with one attached hydrogen (secondary N) is 3. The van der Waals surface area contributed by atoms with Crippen molar-refractivity contribution in [3.8, 4) is 0 Å². The molecule has 0 saturated carbocycles. The molecule has 4 aromatic rings. The van der Waals surface area contributed by atoms with Crippen LogP contribution in [-0.2, 0) is 4.74 Å². The summed E-state index contributed by atoms with van der Waals surface area (Å²) in [6.45, 7) is 2.03. The van der Waals surface area contributed by atoms with E-state index in [2.05, 4.69) is 16.0 Å². The number of hydrogen-bond acceptors (Lipinski definition) is 6. The van der Waals surface area contributed by atoms with Crippen molar-refractivity contribution < 1.29 is 14.6 Å². The van der Waals surface area contributed by atoms with Crippen LogP contribution in [0.15, 0.2) is 66.7 Å². The molecule has 0 spiro atoms. The van der Waals surface area contributed by atoms with Gasteiger partial charge in [0.2, 0.25) is 0 Å². The van der Waals surface area contributed by atoms with Crippen molar-refractivity contribution in [2.45, 2.75) is 13.2 Å². The fraction of sp³-hybridized carbons (Fsp3) is 0.167. The number of para-hydroxylation sites is 2. The molecule has 1 heterocycles. The molecule has 0 saturated heterocycles. The van der Waals surface area contributed by atoms with Gasteiger partial charge in [0, 0.05) is 29.1 Å². The van der Waals surface area contributed by atoms with Crippen molar-refractivity contribution in [3.05, 3.63) is 72.3 Å². The Morgan fingerprint density at radius 1 is 1.06 bits per heavy atom. The first kappa shape index (κ1) is 20.4. The number of rotatable bonds is 6. The molecular weight excluding hydrogens is 392 g/mol. The maximum atomic E-state index is 11.7. The minimum absolute atomic E-state index is 0.284. The van der Waals surface area contributed by atoms with Gasteiger partial charge in [0.25, 0.3) is 0 Å². The Morgan fingerprint density at radius 3 is 2.65 bits per heavy atom. The second kappa shape index (κ2) is 8.89. The first-order valence-corrected chi connectivity index (χ1v) is 10.1. The molecule has 1 amide bonds. The Labute approximate surface area is 180 Å². The fourth-order valence-corrected chi connectivity index (χ4v) is 3.56. The van der Waals surface area contributed by atoms with E-state index in [0.29, 0.717) is 11.3 Å². The van der Waals surface area contributed by atoms with Gasteiger partial charge in [-0.2, -0.15) is 0 Å². The second-order valence-electron chi connectivity index (χ2n) is 6.97. The normalized spacial score (nSPS) is 11.8. The Hall–Kier alpha value is -3.84. The third-order valence-corrected chi connectivity index (χ3v) is 4.99. The molecule has 0 fully saturated rings. The maximum absolute atomic E-state index is 11.7. The van der Waals surface area contributed by atoms with Crippen LogP contribution in [0, 0.1) is 0 Å². The van der Waals surface area contributed by atoms with Gasteiger partial charge in [0.1, 0.15) is 0 Å². The van der Waals surface area contributed by atoms with E-state index in [0.717, 1.165) is 33.2 Å². The lowest BCUT2D eigenvalue weighted by atomic mass is 10.1. The van der Waals surface area contributed by atoms with Crippen molar-refractivity contribution in [2.75, 3.05) is 29.6 Å². The number of carbonyl (C=O) groups is 1. The lowest BCUT2D eigenvalue weighted by Crippen LogP contribution is -2.15. The van der Waals surface area contributed by atoms with E-state index in [1.54, 1.807) is 31.2 Å². The van der Waals surface area contributed by atoms with E-state index in [1.165, 1.54) is 0 Å². The number of benzene rings is 3. The van der Waals surface area contributed by atoms with Crippen molar-refractivity contribution in [2.24, 2.45) is 0 Å². The highest BCUT2D eigenvalue weighted by molar-refractivity contribution is 6.10. The smallest absolute Gasteiger partial charge is 0.411 e. The first-order valence-electron chi connectivity index (χ1n) is 10.1. The number of aliphatic hydroxyl groups excluding tert-OH is 1. The summed E-state index contributed by atoms with van der Waals surface area (Å²) in [5.41, 5.74) is 4.48. The van der Waals surface area contributed by atoms with Gasteiger partial charge < -0.3 is 20.5 Å². The summed E-state index contributed by atoms with van der Waals surface area (Å²) in [5.74, 6) is 0. The van der Waals surface area contributed by atoms with Gasteiger partial charge in [-0.3, -0.25) is 5.32 Å². The molecule has 158 valence electrons. The number of anilines is 3. The molecule has 1 atom stereocenters. The van der Waals surface area contributed by atoms with Crippen LogP contribution in [0.2, 0.25) is 0 Å². The highest BCUT2D eigenvalue weighted by Crippen LogP contribution is 2.35. The van der Waals surface area contributed by atoms with Crippen LogP contribution in [-0.4, -0.2) is 29.8 Å². The third-order valence-electron chi connectivity index (χ3n) is 4.99. The molecule has 0 bridgehead atoms. The highest BCUT2D eigenvalue weighted by atomic mass is 16.5. The average molecular weight is 416 g/mol. The monoisotopic (exact) mass is 416 g/mol. The van der Waals surface area contributed by atoms with Crippen LogP contribution in [0.4, 0.5) is 21.9 Å². The van der Waals surface area contributed by atoms with Crippen LogP contribution >= 0.6 is 0 Å². The summed E-state index contributed by atoms with van der Waals surface area (Å²) < 4.78 is 4.92. The van der Waals surface area contributed by atoms with E-state index in [4.69, 9.17) is 9.72 Å². The molecule has 0 aliphatic rings. The number of carbonyl (C=O) groups excluding carboxylic acids is 1. The molecule has 0 radical (unpaired) electrons. The van der Waals surface area contributed by atoms with Gasteiger partial charge in [-0.15, -0.1) is 0 Å². The Balaban J connectivity index is 1.73. The number of nitrogens with zero attached hydrogens (tertiary/aromatic N) is 1. The maximum Gasteiger partial charge on any atom is 0.411 e. The van der Waals surface area contributed by atoms with Gasteiger partial charge in [-0.25, -0.2) is 9.78 Å². The summed E-state index contributed by atoms with van der Waals surface area (Å²) >= 11 is 0. The van der Waals surface area contributed by atoms with Gasteiger partial charge in [0.15, 0.2) is 6.23 Å². The number of hydrogen-bond donors (Lipinski definition) is 4. The van der Waals surface area contributed by atoms with Gasteiger partial charge in [-0.05, 0) is 31.2 Å². The van der Waals surface area contributed by atoms with E-state index < -0.39 is 12.3 Å². The molecule has 4 N–H and O–H groups in total. The van der Waals surface area contributed by atoms with Crippen LogP contribution in [0.25, 0.3) is 21.8 Å². The topological polar surface area (TPSA) is 95.5 Å². The lowest BCUT2D eigenvalue weighted by Gasteiger charge is -2.19. The Bertz CT molecular complexity index is 1240. The zero-order chi connectivity index (χ0) is 21.8. The number of aromatic nitrogens is 1. The summed E-state index contributed by atoms with van der Waals surface area (Å²) in [6, 6.07) is 20.7. The molecule has 0 aliphatic heterocycles. The van der Waals surface area contributed by atoms with Crippen LogP contribution < -0.4 is 16.0 Å². The number of pyridine rings is 1. The number of fused-ring (bicyclic) bond motifs is 2. The molecule has 0 aliphatic carbocycles. The molecule has 1 unspecified atom stereocenters. The standard InChI is InChI=1S/C24H24N4O3/c1-3-31-24(30)26-16-9-6-8-15(14-16)23(29)28-21-17-10-4-5-12-19(17)27-22-18(21)11-7-13-20(22)25-2/h4-14,23,25,29H,3H2,1-2H3,(H,26,30)(H,27,28). The predicted octanol–water partition coefficient (Wildman–Crippen LogP) is 5.10. The van der Waals surface area contributed by atoms with Gasteiger partial charge in [-0.1, -0.05) is 42.5 Å². The zero-order valence-electron chi connectivity index (χ0n) is 17.3. The number of ether oxygens (including phenoxy) is 1. The third kappa shape index (κ3) is 4.22. The summed E-state index contributed by atoms with van der Waals surface area (Å²) in [4.78, 5) is 16.5. The SMILES string of the molecule is CCOC(=O)Nc1cccc(C(O)Nc2c3ccccc3nc3c(NC)cccc23)c1. The summed E-state index contributed by atoms with van der Waals surface area (Å²) in [7, 11) is 1.86. The fourth-order valence-electron chi connectivity index (χ4n) is 3.56. The van der Waals surface area contributed by atoms with E-state index in [-0.39, 0.29) is 6.61 Å². The molecule has 7 nitrogen and oxygen atoms in total. The van der Waals surface area contributed by atoms with Crippen LogP contribution in [0.5, 0.6) is 0 Å². The van der Waals surface area contributed by atoms with Crippen molar-refractivity contribution in [1.82, 2.24) is 4.98 Å². The quantitative estimate of drug-likeness (QED) is 0.258. The van der Waals surface area contributed by atoms with E-state index in [1.807, 2.05) is 49.5 Å². The first-order chi connectivity index (χ1) is 15.1. The minimum Gasteiger partial charge on any atom is -0.450 e. The lowest BCUT2D eigenvalue weighted by molar-refractivity contribution is 0.168. The minimum atomic E-state index is -1.00. The second-order valence-corrected chi connectivity index (χ2v) is 6.97. The molecule has 4 rings (SSSR count). The van der Waals surface area contributed by atoms with Crippen LogP contribution in [0.3, 0.4) is 0 Å².